The lowest BCUT2D eigenvalue weighted by atomic mass is 10.2. The van der Waals surface area contributed by atoms with E-state index < -0.39 is 5.82 Å². The number of hydrogen-bond donors (Lipinski definition) is 1. The molecule has 3 aromatic rings. The number of halogens is 3. The summed E-state index contributed by atoms with van der Waals surface area (Å²) in [6.45, 7) is 0.543. The average Bonchev–Trinajstić information content (AvgIpc) is 2.67. The summed E-state index contributed by atoms with van der Waals surface area (Å²) in [5, 5.41) is 0.740. The highest BCUT2D eigenvalue weighted by Crippen LogP contribution is 2.24. The minimum atomic E-state index is -0.467. The van der Waals surface area contributed by atoms with Gasteiger partial charge in [-0.2, -0.15) is 0 Å². The first kappa shape index (κ1) is 13.6. The van der Waals surface area contributed by atoms with Crippen LogP contribution in [-0.4, -0.2) is 9.55 Å². The number of nitrogens with zero attached hydrogens (tertiary/aromatic N) is 1. The molecule has 2 aromatic carbocycles. The quantitative estimate of drug-likeness (QED) is 0.642. The van der Waals surface area contributed by atoms with Gasteiger partial charge in [0.05, 0.1) is 22.6 Å². The predicted molar refractivity (Wildman–Crippen MR) is 82.6 cm³/mol. The minimum absolute atomic E-state index is 0.0753. The van der Waals surface area contributed by atoms with Gasteiger partial charge in [-0.3, -0.25) is 0 Å². The van der Waals surface area contributed by atoms with Crippen molar-refractivity contribution in [1.82, 2.24) is 9.55 Å². The fourth-order valence-electron chi connectivity index (χ4n) is 2.13. The van der Waals surface area contributed by atoms with Gasteiger partial charge in [-0.05, 0) is 36.0 Å². The van der Waals surface area contributed by atoms with Crippen molar-refractivity contribution in [2.45, 2.75) is 6.54 Å². The fraction of sp³-hybridized carbons (Fsp3) is 0.0714. The van der Waals surface area contributed by atoms with Crippen LogP contribution in [-0.2, 0) is 6.54 Å². The van der Waals surface area contributed by atoms with Crippen LogP contribution in [0.2, 0.25) is 10.0 Å². The Morgan fingerprint density at radius 3 is 2.75 bits per heavy atom. The molecule has 3 rings (SSSR count). The van der Waals surface area contributed by atoms with Gasteiger partial charge in [-0.25, -0.2) is 4.39 Å². The highest BCUT2D eigenvalue weighted by atomic mass is 35.5. The van der Waals surface area contributed by atoms with Gasteiger partial charge < -0.3 is 9.55 Å². The first-order valence-electron chi connectivity index (χ1n) is 5.86. The van der Waals surface area contributed by atoms with E-state index in [9.17, 15) is 4.39 Å². The molecule has 0 amide bonds. The Kier molecular flexibility index (Phi) is 3.54. The molecule has 0 saturated carbocycles. The third-order valence-electron chi connectivity index (χ3n) is 3.05. The number of benzene rings is 2. The highest BCUT2D eigenvalue weighted by Gasteiger charge is 2.09. The lowest BCUT2D eigenvalue weighted by Gasteiger charge is -2.06. The smallest absolute Gasteiger partial charge is 0.178 e. The van der Waals surface area contributed by atoms with Gasteiger partial charge in [0.25, 0.3) is 0 Å². The van der Waals surface area contributed by atoms with E-state index >= 15 is 0 Å². The number of aromatic nitrogens is 2. The molecule has 0 aliphatic carbocycles. The van der Waals surface area contributed by atoms with Gasteiger partial charge in [-0.15, -0.1) is 0 Å². The van der Waals surface area contributed by atoms with Crippen LogP contribution >= 0.6 is 35.4 Å². The van der Waals surface area contributed by atoms with Gasteiger partial charge in [-0.1, -0.05) is 35.3 Å². The normalized spacial score (nSPS) is 11.2. The van der Waals surface area contributed by atoms with Crippen molar-refractivity contribution < 1.29 is 4.39 Å². The Morgan fingerprint density at radius 2 is 2.00 bits per heavy atom. The predicted octanol–water partition coefficient (Wildman–Crippen LogP) is 5.19. The Bertz CT molecular complexity index is 854. The molecular weight excluding hydrogens is 318 g/mol. The first-order chi connectivity index (χ1) is 9.54. The summed E-state index contributed by atoms with van der Waals surface area (Å²) in [5.74, 6) is -0.467. The molecule has 0 aliphatic heterocycles. The summed E-state index contributed by atoms with van der Waals surface area (Å²) in [5.41, 5.74) is 2.40. The zero-order valence-corrected chi connectivity index (χ0v) is 12.5. The molecule has 0 aliphatic rings. The molecule has 1 N–H and O–H groups in total. The molecular formula is C14H9Cl2FN2S. The maximum atomic E-state index is 13.5. The molecule has 6 heteroatoms. The molecule has 2 nitrogen and oxygen atoms in total. The molecule has 0 bridgehead atoms. The first-order valence-corrected chi connectivity index (χ1v) is 7.03. The molecule has 0 unspecified atom stereocenters. The van der Waals surface area contributed by atoms with Gasteiger partial charge in [0, 0.05) is 11.1 Å². The lowest BCUT2D eigenvalue weighted by Crippen LogP contribution is -1.99. The highest BCUT2D eigenvalue weighted by molar-refractivity contribution is 7.71. The van der Waals surface area contributed by atoms with Crippen molar-refractivity contribution >= 4 is 46.5 Å². The third-order valence-corrected chi connectivity index (χ3v) is 3.89. The van der Waals surface area contributed by atoms with E-state index in [0.29, 0.717) is 21.9 Å². The molecule has 0 saturated heterocycles. The molecule has 1 heterocycles. The molecule has 0 radical (unpaired) electrons. The maximum Gasteiger partial charge on any atom is 0.178 e. The van der Waals surface area contributed by atoms with E-state index in [1.54, 1.807) is 6.07 Å². The second kappa shape index (κ2) is 5.20. The Morgan fingerprint density at radius 1 is 1.20 bits per heavy atom. The number of imidazole rings is 1. The molecule has 0 fully saturated rings. The number of aromatic amines is 1. The molecule has 0 spiro atoms. The van der Waals surface area contributed by atoms with Crippen molar-refractivity contribution in [2.75, 3.05) is 0 Å². The van der Waals surface area contributed by atoms with Crippen LogP contribution in [0.3, 0.4) is 0 Å². The maximum absolute atomic E-state index is 13.5. The average molecular weight is 327 g/mol. The molecule has 0 atom stereocenters. The van der Waals surface area contributed by atoms with Crippen molar-refractivity contribution in [1.29, 1.82) is 0 Å². The molecule has 20 heavy (non-hydrogen) atoms. The van der Waals surface area contributed by atoms with Crippen LogP contribution < -0.4 is 0 Å². The summed E-state index contributed by atoms with van der Waals surface area (Å²) in [6, 6.07) is 10.4. The van der Waals surface area contributed by atoms with Crippen LogP contribution in [0.25, 0.3) is 11.0 Å². The summed E-state index contributed by atoms with van der Waals surface area (Å²) in [4.78, 5) is 2.98. The van der Waals surface area contributed by atoms with E-state index in [2.05, 4.69) is 4.98 Å². The second-order valence-corrected chi connectivity index (χ2v) is 5.66. The number of fused-ring (bicyclic) bond motifs is 1. The Labute approximate surface area is 129 Å². The number of hydrogen-bond acceptors (Lipinski definition) is 1. The van der Waals surface area contributed by atoms with Crippen LogP contribution in [0.5, 0.6) is 0 Å². The van der Waals surface area contributed by atoms with Gasteiger partial charge >= 0.3 is 0 Å². The van der Waals surface area contributed by atoms with Crippen molar-refractivity contribution in [3.63, 3.8) is 0 Å². The third kappa shape index (κ3) is 2.46. The number of H-pyrrole nitrogens is 1. The van der Waals surface area contributed by atoms with E-state index in [1.807, 2.05) is 28.8 Å². The van der Waals surface area contributed by atoms with Crippen molar-refractivity contribution in [3.05, 3.63) is 62.6 Å². The summed E-state index contributed by atoms with van der Waals surface area (Å²) < 4.78 is 15.8. The van der Waals surface area contributed by atoms with Gasteiger partial charge in [0.1, 0.15) is 5.82 Å². The summed E-state index contributed by atoms with van der Waals surface area (Å²) >= 11 is 17.1. The fourth-order valence-corrected chi connectivity index (χ4v) is 2.77. The summed E-state index contributed by atoms with van der Waals surface area (Å²) in [7, 11) is 0. The Hall–Kier alpha value is -1.36. The van der Waals surface area contributed by atoms with Crippen molar-refractivity contribution in [2.24, 2.45) is 0 Å². The van der Waals surface area contributed by atoms with Crippen LogP contribution in [0.4, 0.5) is 4.39 Å². The lowest BCUT2D eigenvalue weighted by molar-refractivity contribution is 0.629. The SMILES string of the molecule is Fc1cc2[nH]c(=S)n(Cc3cccc(Cl)c3)c2cc1Cl. The van der Waals surface area contributed by atoms with Gasteiger partial charge in [0.15, 0.2) is 4.77 Å². The van der Waals surface area contributed by atoms with Crippen LogP contribution in [0, 0.1) is 10.6 Å². The van der Waals surface area contributed by atoms with Crippen LogP contribution in [0.1, 0.15) is 5.56 Å². The summed E-state index contributed by atoms with van der Waals surface area (Å²) in [6.07, 6.45) is 0. The minimum Gasteiger partial charge on any atom is -0.330 e. The van der Waals surface area contributed by atoms with E-state index in [1.165, 1.54) is 6.07 Å². The zero-order valence-electron chi connectivity index (χ0n) is 10.2. The van der Waals surface area contributed by atoms with E-state index in [0.717, 1.165) is 11.1 Å². The molecule has 1 aromatic heterocycles. The Balaban J connectivity index is 2.14. The van der Waals surface area contributed by atoms with Crippen molar-refractivity contribution in [3.8, 4) is 0 Å². The number of nitrogens with one attached hydrogen (secondary N) is 1. The largest absolute Gasteiger partial charge is 0.330 e. The van der Waals surface area contributed by atoms with Crippen LogP contribution in [0.15, 0.2) is 36.4 Å². The van der Waals surface area contributed by atoms with E-state index in [4.69, 9.17) is 35.4 Å². The topological polar surface area (TPSA) is 20.7 Å². The number of rotatable bonds is 2. The van der Waals surface area contributed by atoms with E-state index in [-0.39, 0.29) is 5.02 Å². The monoisotopic (exact) mass is 326 g/mol. The van der Waals surface area contributed by atoms with Gasteiger partial charge in [0.2, 0.25) is 0 Å². The standard InChI is InChI=1S/C14H9Cl2FN2S/c15-9-3-1-2-8(4-9)7-19-13-5-10(16)11(17)6-12(13)18-14(19)20/h1-6H,7H2,(H,18,20). The second-order valence-electron chi connectivity index (χ2n) is 4.43. The zero-order chi connectivity index (χ0) is 14.3. The molecule has 102 valence electrons.